The Bertz CT molecular complexity index is 428. The molecule has 1 atom stereocenters. The van der Waals surface area contributed by atoms with Gasteiger partial charge in [-0.3, -0.25) is 9.48 Å². The monoisotopic (exact) mass is 267 g/mol. The van der Waals surface area contributed by atoms with Gasteiger partial charge in [-0.2, -0.15) is 5.10 Å². The van der Waals surface area contributed by atoms with E-state index in [1.54, 1.807) is 7.05 Å². The van der Waals surface area contributed by atoms with Gasteiger partial charge >= 0.3 is 5.97 Å². The van der Waals surface area contributed by atoms with Crippen LogP contribution in [0.15, 0.2) is 6.07 Å². The van der Waals surface area contributed by atoms with Crippen LogP contribution in [0.5, 0.6) is 0 Å². The molecule has 0 amide bonds. The number of hydrogen-bond donors (Lipinski definition) is 1. The van der Waals surface area contributed by atoms with E-state index in [9.17, 15) is 4.79 Å². The second-order valence-electron chi connectivity index (χ2n) is 5.18. The van der Waals surface area contributed by atoms with Crippen LogP contribution in [-0.4, -0.2) is 35.4 Å². The lowest BCUT2D eigenvalue weighted by molar-refractivity contribution is -0.148. The van der Waals surface area contributed by atoms with E-state index in [0.29, 0.717) is 0 Å². The van der Waals surface area contributed by atoms with E-state index in [0.717, 1.165) is 31.5 Å². The van der Waals surface area contributed by atoms with Crippen LogP contribution in [0.1, 0.15) is 37.6 Å². The molecule has 0 spiro atoms. The highest BCUT2D eigenvalue weighted by Crippen LogP contribution is 2.16. The van der Waals surface area contributed by atoms with Crippen LogP contribution in [0.2, 0.25) is 0 Å². The van der Waals surface area contributed by atoms with E-state index < -0.39 is 5.54 Å². The zero-order chi connectivity index (χ0) is 14.5. The highest BCUT2D eigenvalue weighted by atomic mass is 16.5. The minimum atomic E-state index is -0.593. The quantitative estimate of drug-likeness (QED) is 0.605. The molecule has 19 heavy (non-hydrogen) atoms. The summed E-state index contributed by atoms with van der Waals surface area (Å²) in [6, 6.07) is 2.08. The maximum atomic E-state index is 11.7. The number of esters is 1. The second-order valence-corrected chi connectivity index (χ2v) is 5.18. The third-order valence-corrected chi connectivity index (χ3v) is 3.59. The SMILES string of the molecule is CNC(C)(CCCCn1nc(C)cc1C)C(=O)OC. The molecule has 0 saturated heterocycles. The molecule has 1 N–H and O–H groups in total. The fourth-order valence-corrected chi connectivity index (χ4v) is 2.20. The maximum Gasteiger partial charge on any atom is 0.325 e. The first-order chi connectivity index (χ1) is 8.92. The van der Waals surface area contributed by atoms with E-state index in [-0.39, 0.29) is 5.97 Å². The lowest BCUT2D eigenvalue weighted by atomic mass is 9.95. The number of nitrogens with zero attached hydrogens (tertiary/aromatic N) is 2. The molecule has 0 aromatic carbocycles. The van der Waals surface area contributed by atoms with Gasteiger partial charge in [0.1, 0.15) is 5.54 Å². The van der Waals surface area contributed by atoms with Crippen molar-refractivity contribution >= 4 is 5.97 Å². The van der Waals surface area contributed by atoms with E-state index in [1.807, 2.05) is 18.5 Å². The predicted molar refractivity (Wildman–Crippen MR) is 75.0 cm³/mol. The largest absolute Gasteiger partial charge is 0.468 e. The summed E-state index contributed by atoms with van der Waals surface area (Å²) in [6.07, 6.45) is 2.70. The topological polar surface area (TPSA) is 56.2 Å². The summed E-state index contributed by atoms with van der Waals surface area (Å²) in [4.78, 5) is 11.7. The molecule has 5 heteroatoms. The Kier molecular flexibility index (Phi) is 5.54. The Morgan fingerprint density at radius 2 is 2.16 bits per heavy atom. The van der Waals surface area contributed by atoms with Crippen molar-refractivity contribution in [1.29, 1.82) is 0 Å². The van der Waals surface area contributed by atoms with Gasteiger partial charge in [-0.15, -0.1) is 0 Å². The second kappa shape index (κ2) is 6.70. The molecule has 1 unspecified atom stereocenters. The summed E-state index contributed by atoms with van der Waals surface area (Å²) in [7, 11) is 3.21. The molecule has 0 aliphatic heterocycles. The molecule has 0 fully saturated rings. The van der Waals surface area contributed by atoms with E-state index in [4.69, 9.17) is 4.74 Å². The van der Waals surface area contributed by atoms with Gasteiger partial charge in [0.25, 0.3) is 0 Å². The van der Waals surface area contributed by atoms with Crippen molar-refractivity contribution in [2.45, 2.75) is 52.1 Å². The van der Waals surface area contributed by atoms with Crippen LogP contribution in [0.25, 0.3) is 0 Å². The lowest BCUT2D eigenvalue weighted by Gasteiger charge is -2.25. The van der Waals surface area contributed by atoms with Gasteiger partial charge < -0.3 is 10.1 Å². The number of methoxy groups -OCH3 is 1. The lowest BCUT2D eigenvalue weighted by Crippen LogP contribution is -2.48. The normalized spacial score (nSPS) is 14.2. The number of carbonyl (C=O) groups excluding carboxylic acids is 1. The smallest absolute Gasteiger partial charge is 0.325 e. The number of aryl methyl sites for hydroxylation is 3. The summed E-state index contributed by atoms with van der Waals surface area (Å²) in [5, 5.41) is 7.47. The van der Waals surface area contributed by atoms with Crippen LogP contribution in [0, 0.1) is 13.8 Å². The van der Waals surface area contributed by atoms with E-state index in [1.165, 1.54) is 12.8 Å². The highest BCUT2D eigenvalue weighted by Gasteiger charge is 2.31. The van der Waals surface area contributed by atoms with Gasteiger partial charge in [-0.25, -0.2) is 0 Å². The Morgan fingerprint density at radius 1 is 1.47 bits per heavy atom. The molecule has 0 bridgehead atoms. The number of hydrogen-bond acceptors (Lipinski definition) is 4. The van der Waals surface area contributed by atoms with Crippen molar-refractivity contribution in [3.05, 3.63) is 17.5 Å². The highest BCUT2D eigenvalue weighted by molar-refractivity contribution is 5.80. The standard InChI is InChI=1S/C14H25N3O2/c1-11-10-12(2)17(16-11)9-7-6-8-14(3,15-4)13(18)19-5/h10,15H,6-9H2,1-5H3. The number of ether oxygens (including phenoxy) is 1. The first-order valence-electron chi connectivity index (χ1n) is 6.71. The fraction of sp³-hybridized carbons (Fsp3) is 0.714. The number of likely N-dealkylation sites (N-methyl/N-ethyl adjacent to an activating group) is 1. The minimum Gasteiger partial charge on any atom is -0.468 e. The summed E-state index contributed by atoms with van der Waals surface area (Å²) >= 11 is 0. The zero-order valence-electron chi connectivity index (χ0n) is 12.6. The van der Waals surface area contributed by atoms with Crippen LogP contribution in [0.4, 0.5) is 0 Å². The Balaban J connectivity index is 2.41. The molecule has 0 aliphatic carbocycles. The van der Waals surface area contributed by atoms with Crippen molar-refractivity contribution in [3.63, 3.8) is 0 Å². The number of carbonyl (C=O) groups is 1. The molecule has 0 aliphatic rings. The first-order valence-corrected chi connectivity index (χ1v) is 6.71. The predicted octanol–water partition coefficient (Wildman–Crippen LogP) is 1.82. The molecule has 1 aromatic rings. The number of unbranched alkanes of at least 4 members (excludes halogenated alkanes) is 1. The van der Waals surface area contributed by atoms with E-state index >= 15 is 0 Å². The maximum absolute atomic E-state index is 11.7. The fourth-order valence-electron chi connectivity index (χ4n) is 2.20. The first kappa shape index (κ1) is 15.7. The average Bonchev–Trinajstić information content (AvgIpc) is 2.71. The van der Waals surface area contributed by atoms with Crippen molar-refractivity contribution < 1.29 is 9.53 Å². The molecule has 0 saturated carbocycles. The molecule has 0 radical (unpaired) electrons. The molecular formula is C14H25N3O2. The van der Waals surface area contributed by atoms with Crippen molar-refractivity contribution in [1.82, 2.24) is 15.1 Å². The molecule has 1 rings (SSSR count). The van der Waals surface area contributed by atoms with Crippen LogP contribution < -0.4 is 5.32 Å². The molecule has 5 nitrogen and oxygen atoms in total. The van der Waals surface area contributed by atoms with Crippen LogP contribution in [0.3, 0.4) is 0 Å². The van der Waals surface area contributed by atoms with Gasteiger partial charge in [0, 0.05) is 12.2 Å². The number of aromatic nitrogens is 2. The van der Waals surface area contributed by atoms with Crippen molar-refractivity contribution in [2.24, 2.45) is 0 Å². The van der Waals surface area contributed by atoms with Gasteiger partial charge in [-0.05, 0) is 53.1 Å². The summed E-state index contributed by atoms with van der Waals surface area (Å²) in [6.45, 7) is 6.83. The van der Waals surface area contributed by atoms with Gasteiger partial charge in [0.05, 0.1) is 12.8 Å². The molecule has 108 valence electrons. The Labute approximate surface area is 115 Å². The third kappa shape index (κ3) is 4.06. The van der Waals surface area contributed by atoms with Gasteiger partial charge in [0.2, 0.25) is 0 Å². The van der Waals surface area contributed by atoms with Crippen molar-refractivity contribution in [2.75, 3.05) is 14.2 Å². The van der Waals surface area contributed by atoms with Crippen molar-refractivity contribution in [3.8, 4) is 0 Å². The summed E-state index contributed by atoms with van der Waals surface area (Å²) < 4.78 is 6.84. The van der Waals surface area contributed by atoms with Gasteiger partial charge in [-0.1, -0.05) is 0 Å². The molecule has 1 heterocycles. The average molecular weight is 267 g/mol. The Hall–Kier alpha value is -1.36. The summed E-state index contributed by atoms with van der Waals surface area (Å²) in [5.74, 6) is -0.207. The van der Waals surface area contributed by atoms with Crippen LogP contribution in [-0.2, 0) is 16.1 Å². The summed E-state index contributed by atoms with van der Waals surface area (Å²) in [5.41, 5.74) is 1.64. The minimum absolute atomic E-state index is 0.207. The van der Waals surface area contributed by atoms with E-state index in [2.05, 4.69) is 23.4 Å². The number of nitrogens with one attached hydrogen (secondary N) is 1. The zero-order valence-corrected chi connectivity index (χ0v) is 12.6. The van der Waals surface area contributed by atoms with Crippen LogP contribution >= 0.6 is 0 Å². The molecule has 1 aromatic heterocycles. The Morgan fingerprint density at radius 3 is 2.63 bits per heavy atom. The molecular weight excluding hydrogens is 242 g/mol. The van der Waals surface area contributed by atoms with Gasteiger partial charge in [0.15, 0.2) is 0 Å². The number of rotatable bonds is 7. The third-order valence-electron chi connectivity index (χ3n) is 3.59.